The molecule has 0 radical (unpaired) electrons. The minimum Gasteiger partial charge on any atom is -0.338 e. The molecule has 1 saturated heterocycles. The highest BCUT2D eigenvalue weighted by Gasteiger charge is 2.29. The molecule has 0 spiro atoms. The maximum Gasteiger partial charge on any atom is 0.225 e. The topological polar surface area (TPSA) is 35.5 Å². The fourth-order valence-corrected chi connectivity index (χ4v) is 4.73. The second-order valence-electron chi connectivity index (χ2n) is 8.62. The van der Waals surface area contributed by atoms with E-state index in [9.17, 15) is 4.39 Å². The van der Waals surface area contributed by atoms with E-state index in [0.717, 1.165) is 69.7 Å². The molecule has 1 aliphatic carbocycles. The quantitative estimate of drug-likeness (QED) is 0.796. The molecule has 6 heteroatoms. The molecular formula is C23H30FN5. The van der Waals surface area contributed by atoms with Crippen molar-refractivity contribution in [2.24, 2.45) is 0 Å². The van der Waals surface area contributed by atoms with Gasteiger partial charge in [0.1, 0.15) is 5.82 Å². The van der Waals surface area contributed by atoms with Crippen LogP contribution in [0.4, 0.5) is 10.3 Å². The fourth-order valence-electron chi connectivity index (χ4n) is 4.73. The highest BCUT2D eigenvalue weighted by atomic mass is 19.1. The monoisotopic (exact) mass is 395 g/mol. The Kier molecular flexibility index (Phi) is 5.46. The molecule has 2 fully saturated rings. The summed E-state index contributed by atoms with van der Waals surface area (Å²) < 4.78 is 14.0. The molecule has 1 aromatic heterocycles. The first-order valence-electron chi connectivity index (χ1n) is 11.1. The van der Waals surface area contributed by atoms with Crippen molar-refractivity contribution in [1.82, 2.24) is 19.8 Å². The molecule has 0 amide bonds. The van der Waals surface area contributed by atoms with Crippen LogP contribution in [0.2, 0.25) is 0 Å². The van der Waals surface area contributed by atoms with Gasteiger partial charge in [0, 0.05) is 70.0 Å². The van der Waals surface area contributed by atoms with Gasteiger partial charge in [0.2, 0.25) is 5.95 Å². The predicted molar refractivity (Wildman–Crippen MR) is 113 cm³/mol. The summed E-state index contributed by atoms with van der Waals surface area (Å²) in [6, 6.07) is 7.91. The van der Waals surface area contributed by atoms with Crippen LogP contribution >= 0.6 is 0 Å². The van der Waals surface area contributed by atoms with E-state index in [1.54, 1.807) is 12.1 Å². The molecule has 29 heavy (non-hydrogen) atoms. The Balaban J connectivity index is 1.21. The van der Waals surface area contributed by atoms with Gasteiger partial charge in [0.05, 0.1) is 5.69 Å². The largest absolute Gasteiger partial charge is 0.338 e. The summed E-state index contributed by atoms with van der Waals surface area (Å²) in [4.78, 5) is 17.0. The number of nitrogens with zero attached hydrogens (tertiary/aromatic N) is 5. The molecule has 0 unspecified atom stereocenters. The number of fused-ring (bicyclic) bond motifs is 1. The number of rotatable bonds is 4. The molecular weight excluding hydrogens is 365 g/mol. The van der Waals surface area contributed by atoms with Crippen molar-refractivity contribution in [3.8, 4) is 0 Å². The molecule has 0 atom stereocenters. The maximum atomic E-state index is 14.0. The average molecular weight is 396 g/mol. The number of piperazine rings is 1. The van der Waals surface area contributed by atoms with Crippen molar-refractivity contribution in [3.63, 3.8) is 0 Å². The van der Waals surface area contributed by atoms with E-state index in [2.05, 4.69) is 14.7 Å². The number of hydrogen-bond acceptors (Lipinski definition) is 5. The Morgan fingerprint density at radius 3 is 2.52 bits per heavy atom. The summed E-state index contributed by atoms with van der Waals surface area (Å²) in [5.74, 6) is 0.775. The highest BCUT2D eigenvalue weighted by Crippen LogP contribution is 2.26. The van der Waals surface area contributed by atoms with Crippen LogP contribution in [0.5, 0.6) is 0 Å². The minimum atomic E-state index is -0.114. The summed E-state index contributed by atoms with van der Waals surface area (Å²) in [6.07, 6.45) is 8.01. The van der Waals surface area contributed by atoms with Crippen molar-refractivity contribution in [2.75, 3.05) is 44.2 Å². The lowest BCUT2D eigenvalue weighted by atomic mass is 9.91. The summed E-state index contributed by atoms with van der Waals surface area (Å²) in [5.41, 5.74) is 3.19. The van der Waals surface area contributed by atoms with E-state index < -0.39 is 0 Å². The third-order valence-electron chi connectivity index (χ3n) is 6.84. The molecule has 1 aromatic carbocycles. The summed E-state index contributed by atoms with van der Waals surface area (Å²) >= 11 is 0. The van der Waals surface area contributed by atoms with Crippen molar-refractivity contribution in [3.05, 3.63) is 53.1 Å². The molecule has 3 heterocycles. The van der Waals surface area contributed by atoms with Crippen molar-refractivity contribution >= 4 is 5.95 Å². The summed E-state index contributed by atoms with van der Waals surface area (Å²) in [5, 5.41) is 0. The molecule has 2 aliphatic heterocycles. The summed E-state index contributed by atoms with van der Waals surface area (Å²) in [7, 11) is 0. The lowest BCUT2D eigenvalue weighted by molar-refractivity contribution is 0.120. The Morgan fingerprint density at radius 1 is 0.966 bits per heavy atom. The first-order valence-corrected chi connectivity index (χ1v) is 11.1. The first-order chi connectivity index (χ1) is 14.3. The third kappa shape index (κ3) is 4.14. The van der Waals surface area contributed by atoms with Gasteiger partial charge >= 0.3 is 0 Å². The second kappa shape index (κ2) is 8.36. The number of benzene rings is 1. The van der Waals surface area contributed by atoms with Gasteiger partial charge in [0.15, 0.2) is 0 Å². The second-order valence-corrected chi connectivity index (χ2v) is 8.62. The molecule has 1 saturated carbocycles. The van der Waals surface area contributed by atoms with Gasteiger partial charge in [-0.05, 0) is 30.9 Å². The number of hydrogen-bond donors (Lipinski definition) is 0. The third-order valence-corrected chi connectivity index (χ3v) is 6.84. The van der Waals surface area contributed by atoms with Crippen LogP contribution in [0.3, 0.4) is 0 Å². The van der Waals surface area contributed by atoms with E-state index in [1.165, 1.54) is 30.5 Å². The lowest BCUT2D eigenvalue weighted by Crippen LogP contribution is -2.52. The fraction of sp³-hybridized carbons (Fsp3) is 0.565. The van der Waals surface area contributed by atoms with Crippen LogP contribution < -0.4 is 4.90 Å². The van der Waals surface area contributed by atoms with E-state index in [1.807, 2.05) is 18.3 Å². The molecule has 5 rings (SSSR count). The zero-order valence-electron chi connectivity index (χ0n) is 17.1. The van der Waals surface area contributed by atoms with E-state index in [-0.39, 0.29) is 5.82 Å². The van der Waals surface area contributed by atoms with Gasteiger partial charge in [-0.3, -0.25) is 9.80 Å². The lowest BCUT2D eigenvalue weighted by Gasteiger charge is -2.43. The van der Waals surface area contributed by atoms with Gasteiger partial charge < -0.3 is 4.90 Å². The average Bonchev–Trinajstić information content (AvgIpc) is 2.91. The Labute approximate surface area is 172 Å². The molecule has 2 aromatic rings. The van der Waals surface area contributed by atoms with E-state index in [4.69, 9.17) is 9.97 Å². The number of aromatic nitrogens is 2. The Hall–Kier alpha value is -2.05. The van der Waals surface area contributed by atoms with Crippen LogP contribution in [0, 0.1) is 5.82 Å². The minimum absolute atomic E-state index is 0.114. The Morgan fingerprint density at radius 2 is 1.76 bits per heavy atom. The van der Waals surface area contributed by atoms with Crippen LogP contribution in [-0.4, -0.2) is 65.1 Å². The van der Waals surface area contributed by atoms with Crippen LogP contribution in [0.15, 0.2) is 30.5 Å². The summed E-state index contributed by atoms with van der Waals surface area (Å²) in [6.45, 7) is 6.79. The Bertz CT molecular complexity index is 845. The zero-order chi connectivity index (χ0) is 19.6. The van der Waals surface area contributed by atoms with Gasteiger partial charge in [-0.1, -0.05) is 24.6 Å². The van der Waals surface area contributed by atoms with Gasteiger partial charge in [-0.2, -0.15) is 0 Å². The van der Waals surface area contributed by atoms with Gasteiger partial charge in [-0.15, -0.1) is 0 Å². The van der Waals surface area contributed by atoms with Crippen LogP contribution in [0.25, 0.3) is 0 Å². The smallest absolute Gasteiger partial charge is 0.225 e. The first kappa shape index (κ1) is 18.9. The van der Waals surface area contributed by atoms with Crippen LogP contribution in [-0.2, 0) is 19.4 Å². The van der Waals surface area contributed by atoms with Gasteiger partial charge in [0.25, 0.3) is 0 Å². The predicted octanol–water partition coefficient (Wildman–Crippen LogP) is 2.89. The van der Waals surface area contributed by atoms with Crippen molar-refractivity contribution < 1.29 is 4.39 Å². The van der Waals surface area contributed by atoms with Crippen LogP contribution in [0.1, 0.15) is 36.1 Å². The normalized spacial score (nSPS) is 21.5. The maximum absolute atomic E-state index is 14.0. The molecule has 5 nitrogen and oxygen atoms in total. The number of anilines is 1. The van der Waals surface area contributed by atoms with E-state index in [0.29, 0.717) is 6.54 Å². The molecule has 0 N–H and O–H groups in total. The number of halogens is 1. The molecule has 0 bridgehead atoms. The zero-order valence-corrected chi connectivity index (χ0v) is 17.1. The van der Waals surface area contributed by atoms with Crippen molar-refractivity contribution in [2.45, 2.75) is 44.7 Å². The SMILES string of the molecule is Fc1ccccc1CN1CCc2cnc(N3CCN(C4CCC4)CC3)nc2CC1. The standard InChI is InChI=1S/C23H30FN5/c24-21-7-2-1-4-19(21)17-27-10-8-18-16-25-23(26-22(18)9-11-27)29-14-12-28(13-15-29)20-5-3-6-20/h1-2,4,7,16,20H,3,5-6,8-15,17H2. The molecule has 3 aliphatic rings. The van der Waals surface area contributed by atoms with Crippen molar-refractivity contribution in [1.29, 1.82) is 0 Å². The highest BCUT2D eigenvalue weighted by molar-refractivity contribution is 5.35. The van der Waals surface area contributed by atoms with E-state index >= 15 is 0 Å². The van der Waals surface area contributed by atoms with Gasteiger partial charge in [-0.25, -0.2) is 14.4 Å². The molecule has 154 valence electrons.